The van der Waals surface area contributed by atoms with Gasteiger partial charge in [-0.05, 0) is 31.9 Å². The predicted octanol–water partition coefficient (Wildman–Crippen LogP) is 1.40. The molecule has 1 aromatic heterocycles. The highest BCUT2D eigenvalue weighted by atomic mass is 16.5. The van der Waals surface area contributed by atoms with Crippen molar-refractivity contribution in [1.82, 2.24) is 4.98 Å². The minimum atomic E-state index is 0.136. The summed E-state index contributed by atoms with van der Waals surface area (Å²) in [6.45, 7) is 4.08. The Labute approximate surface area is 78.4 Å². The number of nitrogens with zero attached hydrogens (tertiary/aromatic N) is 1. The third-order valence-corrected chi connectivity index (χ3v) is 1.56. The molecule has 1 aromatic rings. The molecular weight excluding hydrogens is 166 g/mol. The van der Waals surface area contributed by atoms with Crippen LogP contribution in [-0.2, 0) is 6.42 Å². The van der Waals surface area contributed by atoms with Gasteiger partial charge in [0.1, 0.15) is 0 Å². The number of hydrogen-bond donors (Lipinski definition) is 1. The summed E-state index contributed by atoms with van der Waals surface area (Å²) in [5.74, 6) is 0.626. The van der Waals surface area contributed by atoms with E-state index in [0.29, 0.717) is 12.3 Å². The Morgan fingerprint density at radius 2 is 2.31 bits per heavy atom. The van der Waals surface area contributed by atoms with E-state index in [1.54, 1.807) is 6.20 Å². The van der Waals surface area contributed by atoms with E-state index in [2.05, 4.69) is 4.98 Å². The summed E-state index contributed by atoms with van der Waals surface area (Å²) in [7, 11) is 0. The second-order valence-corrected chi connectivity index (χ2v) is 3.14. The first-order valence-electron chi connectivity index (χ1n) is 4.45. The number of ether oxygens (including phenoxy) is 1. The van der Waals surface area contributed by atoms with E-state index in [9.17, 15) is 0 Å². The molecule has 0 aromatic carbocycles. The third kappa shape index (κ3) is 3.42. The van der Waals surface area contributed by atoms with Crippen LogP contribution in [0.25, 0.3) is 0 Å². The summed E-state index contributed by atoms with van der Waals surface area (Å²) in [4.78, 5) is 4.06. The van der Waals surface area contributed by atoms with Gasteiger partial charge in [-0.1, -0.05) is 0 Å². The number of aliphatic hydroxyl groups excluding tert-OH is 1. The Hall–Kier alpha value is -1.09. The Kier molecular flexibility index (Phi) is 3.71. The smallest absolute Gasteiger partial charge is 0.213 e. The molecule has 72 valence electrons. The molecule has 0 saturated heterocycles. The molecule has 3 heteroatoms. The molecule has 0 aliphatic rings. The number of hydrogen-bond acceptors (Lipinski definition) is 3. The average molecular weight is 181 g/mol. The molecule has 0 fully saturated rings. The SMILES string of the molecule is CC(C)Oc1cc(CCO)ccn1. The van der Waals surface area contributed by atoms with Crippen LogP contribution in [-0.4, -0.2) is 22.8 Å². The van der Waals surface area contributed by atoms with Crippen molar-refractivity contribution >= 4 is 0 Å². The Morgan fingerprint density at radius 3 is 2.92 bits per heavy atom. The van der Waals surface area contributed by atoms with Crippen LogP contribution in [0.4, 0.5) is 0 Å². The lowest BCUT2D eigenvalue weighted by Crippen LogP contribution is -2.07. The van der Waals surface area contributed by atoms with E-state index in [-0.39, 0.29) is 12.7 Å². The van der Waals surface area contributed by atoms with Crippen molar-refractivity contribution in [2.75, 3.05) is 6.61 Å². The third-order valence-electron chi connectivity index (χ3n) is 1.56. The van der Waals surface area contributed by atoms with Crippen molar-refractivity contribution in [3.63, 3.8) is 0 Å². The molecule has 0 aliphatic carbocycles. The largest absolute Gasteiger partial charge is 0.475 e. The monoisotopic (exact) mass is 181 g/mol. The lowest BCUT2D eigenvalue weighted by Gasteiger charge is -2.08. The van der Waals surface area contributed by atoms with Crippen molar-refractivity contribution in [1.29, 1.82) is 0 Å². The van der Waals surface area contributed by atoms with Gasteiger partial charge in [0.15, 0.2) is 0 Å². The maximum absolute atomic E-state index is 8.73. The molecule has 0 aliphatic heterocycles. The predicted molar refractivity (Wildman–Crippen MR) is 50.8 cm³/mol. The van der Waals surface area contributed by atoms with E-state index >= 15 is 0 Å². The van der Waals surface area contributed by atoms with E-state index in [1.165, 1.54) is 0 Å². The van der Waals surface area contributed by atoms with Crippen molar-refractivity contribution in [3.8, 4) is 5.88 Å². The van der Waals surface area contributed by atoms with Gasteiger partial charge < -0.3 is 9.84 Å². The van der Waals surface area contributed by atoms with Gasteiger partial charge in [-0.2, -0.15) is 0 Å². The van der Waals surface area contributed by atoms with E-state index in [1.807, 2.05) is 26.0 Å². The van der Waals surface area contributed by atoms with Gasteiger partial charge in [-0.3, -0.25) is 0 Å². The molecule has 0 saturated carbocycles. The molecule has 0 radical (unpaired) electrons. The van der Waals surface area contributed by atoms with Gasteiger partial charge in [0, 0.05) is 18.9 Å². The highest BCUT2D eigenvalue weighted by Gasteiger charge is 1.99. The van der Waals surface area contributed by atoms with Crippen LogP contribution < -0.4 is 4.74 Å². The first-order chi connectivity index (χ1) is 6.22. The molecule has 0 spiro atoms. The van der Waals surface area contributed by atoms with Gasteiger partial charge in [-0.15, -0.1) is 0 Å². The normalized spacial score (nSPS) is 10.5. The first-order valence-corrected chi connectivity index (χ1v) is 4.45. The van der Waals surface area contributed by atoms with Gasteiger partial charge in [0.2, 0.25) is 5.88 Å². The van der Waals surface area contributed by atoms with Gasteiger partial charge >= 0.3 is 0 Å². The molecule has 0 bridgehead atoms. The topological polar surface area (TPSA) is 42.4 Å². The summed E-state index contributed by atoms with van der Waals surface area (Å²) >= 11 is 0. The molecule has 1 heterocycles. The van der Waals surface area contributed by atoms with Gasteiger partial charge in [0.25, 0.3) is 0 Å². The van der Waals surface area contributed by atoms with Crippen LogP contribution in [0, 0.1) is 0 Å². The molecule has 0 unspecified atom stereocenters. The van der Waals surface area contributed by atoms with Gasteiger partial charge in [-0.25, -0.2) is 4.98 Å². The summed E-state index contributed by atoms with van der Waals surface area (Å²) in [6, 6.07) is 3.74. The minimum Gasteiger partial charge on any atom is -0.475 e. The zero-order chi connectivity index (χ0) is 9.68. The van der Waals surface area contributed by atoms with Crippen LogP contribution >= 0.6 is 0 Å². The molecule has 3 nitrogen and oxygen atoms in total. The van der Waals surface area contributed by atoms with E-state index in [0.717, 1.165) is 5.56 Å². The average Bonchev–Trinajstić information content (AvgIpc) is 2.04. The quantitative estimate of drug-likeness (QED) is 0.763. The number of pyridine rings is 1. The standard InChI is InChI=1S/C10H15NO2/c1-8(2)13-10-7-9(4-6-12)3-5-11-10/h3,5,7-8,12H,4,6H2,1-2H3. The molecule has 0 amide bonds. The number of aromatic nitrogens is 1. The second kappa shape index (κ2) is 4.82. The van der Waals surface area contributed by atoms with Crippen LogP contribution in [0.3, 0.4) is 0 Å². The Balaban J connectivity index is 2.67. The number of rotatable bonds is 4. The summed E-state index contributed by atoms with van der Waals surface area (Å²) in [5, 5.41) is 8.73. The zero-order valence-corrected chi connectivity index (χ0v) is 8.03. The van der Waals surface area contributed by atoms with Crippen molar-refractivity contribution in [2.45, 2.75) is 26.4 Å². The van der Waals surface area contributed by atoms with Gasteiger partial charge in [0.05, 0.1) is 6.10 Å². The maximum atomic E-state index is 8.73. The van der Waals surface area contributed by atoms with Crippen molar-refractivity contribution < 1.29 is 9.84 Å². The lowest BCUT2D eigenvalue weighted by atomic mass is 10.2. The van der Waals surface area contributed by atoms with Crippen LogP contribution in [0.2, 0.25) is 0 Å². The van der Waals surface area contributed by atoms with Crippen LogP contribution in [0.15, 0.2) is 18.3 Å². The lowest BCUT2D eigenvalue weighted by molar-refractivity contribution is 0.232. The highest BCUT2D eigenvalue weighted by molar-refractivity contribution is 5.20. The van der Waals surface area contributed by atoms with Crippen LogP contribution in [0.5, 0.6) is 5.88 Å². The summed E-state index contributed by atoms with van der Waals surface area (Å²) < 4.78 is 5.41. The van der Waals surface area contributed by atoms with Crippen molar-refractivity contribution in [2.24, 2.45) is 0 Å². The second-order valence-electron chi connectivity index (χ2n) is 3.14. The first kappa shape index (κ1) is 9.99. The fourth-order valence-electron chi connectivity index (χ4n) is 1.04. The zero-order valence-electron chi connectivity index (χ0n) is 8.03. The molecule has 0 atom stereocenters. The van der Waals surface area contributed by atoms with E-state index in [4.69, 9.17) is 9.84 Å². The Bertz CT molecular complexity index is 261. The van der Waals surface area contributed by atoms with Crippen molar-refractivity contribution in [3.05, 3.63) is 23.9 Å². The molecular formula is C10H15NO2. The molecule has 1 N–H and O–H groups in total. The fraction of sp³-hybridized carbons (Fsp3) is 0.500. The summed E-state index contributed by atoms with van der Waals surface area (Å²) in [5.41, 5.74) is 1.05. The maximum Gasteiger partial charge on any atom is 0.213 e. The van der Waals surface area contributed by atoms with Crippen LogP contribution in [0.1, 0.15) is 19.4 Å². The minimum absolute atomic E-state index is 0.136. The number of aliphatic hydroxyl groups is 1. The Morgan fingerprint density at radius 1 is 1.54 bits per heavy atom. The summed E-state index contributed by atoms with van der Waals surface area (Å²) in [6.07, 6.45) is 2.48. The fourth-order valence-corrected chi connectivity index (χ4v) is 1.04. The van der Waals surface area contributed by atoms with E-state index < -0.39 is 0 Å². The highest BCUT2D eigenvalue weighted by Crippen LogP contribution is 2.11. The molecule has 1 rings (SSSR count). The molecule has 13 heavy (non-hydrogen) atoms.